The number of hydrogen-bond donors (Lipinski definition) is 0. The number of anilines is 1. The molecule has 6 aromatic carbocycles. The predicted molar refractivity (Wildman–Crippen MR) is 222 cm³/mol. The van der Waals surface area contributed by atoms with Crippen molar-refractivity contribution in [3.8, 4) is 22.8 Å². The lowest BCUT2D eigenvalue weighted by molar-refractivity contribution is 0.167. The first kappa shape index (κ1) is 34.3. The summed E-state index contributed by atoms with van der Waals surface area (Å²) in [7, 11) is 0. The number of rotatable bonds is 2. The van der Waals surface area contributed by atoms with E-state index >= 15 is 0 Å². The molecule has 51 heavy (non-hydrogen) atoms. The summed E-state index contributed by atoms with van der Waals surface area (Å²) >= 11 is 14.3. The smallest absolute Gasteiger partial charge is 0.203 e. The third-order valence-corrected chi connectivity index (χ3v) is 11.5. The molecule has 3 aliphatic rings. The van der Waals surface area contributed by atoms with Crippen molar-refractivity contribution in [2.75, 3.05) is 4.90 Å². The van der Waals surface area contributed by atoms with Crippen molar-refractivity contribution in [2.24, 2.45) is 0 Å². The summed E-state index contributed by atoms with van der Waals surface area (Å²) in [4.78, 5) is 2.42. The lowest BCUT2D eigenvalue weighted by atomic mass is 9.99. The molecule has 0 fully saturated rings. The van der Waals surface area contributed by atoms with Crippen molar-refractivity contribution in [3.63, 3.8) is 0 Å². The minimum Gasteiger partial charge on any atom is -0.466 e. The summed E-state index contributed by atoms with van der Waals surface area (Å²) < 4.78 is 19.5. The molecule has 0 bridgehead atoms. The second-order valence-electron chi connectivity index (χ2n) is 12.6. The Morgan fingerprint density at radius 2 is 1.14 bits per heavy atom. The summed E-state index contributed by atoms with van der Waals surface area (Å²) in [5.41, 5.74) is 9.64. The van der Waals surface area contributed by atoms with Crippen molar-refractivity contribution in [1.29, 1.82) is 0 Å². The van der Waals surface area contributed by atoms with Gasteiger partial charge in [0.15, 0.2) is 6.23 Å². The maximum absolute atomic E-state index is 6.48. The van der Waals surface area contributed by atoms with E-state index in [9.17, 15) is 0 Å². The van der Waals surface area contributed by atoms with E-state index in [4.69, 9.17) is 9.47 Å². The highest BCUT2D eigenvalue weighted by Gasteiger charge is 2.42. The van der Waals surface area contributed by atoms with Crippen LogP contribution in [0.25, 0.3) is 22.2 Å². The first-order valence-corrected chi connectivity index (χ1v) is 19.5. The van der Waals surface area contributed by atoms with Gasteiger partial charge in [0.25, 0.3) is 0 Å². The fourth-order valence-electron chi connectivity index (χ4n) is 7.38. The van der Waals surface area contributed by atoms with E-state index in [-0.39, 0.29) is 19.9 Å². The first-order valence-electron chi connectivity index (χ1n) is 16.3. The number of hydrogen-bond acceptors (Lipinski definition) is 3. The average molecular weight is 928 g/mol. The van der Waals surface area contributed by atoms with E-state index in [2.05, 4.69) is 195 Å². The topological polar surface area (TPSA) is 26.6 Å². The van der Waals surface area contributed by atoms with Crippen molar-refractivity contribution >= 4 is 80.3 Å². The lowest BCUT2D eigenvalue weighted by Gasteiger charge is -2.41. The van der Waals surface area contributed by atoms with Crippen LogP contribution in [0.2, 0.25) is 0 Å². The van der Waals surface area contributed by atoms with Gasteiger partial charge in [0, 0.05) is 51.2 Å². The van der Waals surface area contributed by atoms with Gasteiger partial charge in [-0.05, 0) is 84.8 Å². The molecule has 254 valence electrons. The molecule has 1 aromatic heterocycles. The van der Waals surface area contributed by atoms with E-state index < -0.39 is 0 Å². The monoisotopic (exact) mass is 924 g/mol. The predicted octanol–water partition coefficient (Wildman–Crippen LogP) is 13.8. The Labute approximate surface area is 331 Å². The van der Waals surface area contributed by atoms with Gasteiger partial charge in [0.2, 0.25) is 6.23 Å². The van der Waals surface area contributed by atoms with Crippen LogP contribution in [0.3, 0.4) is 0 Å². The Balaban J connectivity index is 0.000000144. The average Bonchev–Trinajstić information content (AvgIpc) is 3.70. The molecular formula is C43H32Br4N2O2. The summed E-state index contributed by atoms with van der Waals surface area (Å²) in [6.07, 6.45) is 0.697. The van der Waals surface area contributed by atoms with Gasteiger partial charge in [0.1, 0.15) is 11.5 Å². The van der Waals surface area contributed by atoms with Crippen LogP contribution in [0.5, 0.6) is 11.5 Å². The van der Waals surface area contributed by atoms with E-state index in [1.807, 2.05) is 18.2 Å². The maximum atomic E-state index is 6.48. The fraction of sp³-hybridized carbons (Fsp3) is 0.116. The zero-order valence-electron chi connectivity index (χ0n) is 26.4. The maximum Gasteiger partial charge on any atom is 0.203 e. The number of halogens is 4. The van der Waals surface area contributed by atoms with Crippen LogP contribution < -0.4 is 14.4 Å². The zero-order valence-corrected chi connectivity index (χ0v) is 32.8. The van der Waals surface area contributed by atoms with Gasteiger partial charge >= 0.3 is 0 Å². The molecule has 3 atom stereocenters. The largest absolute Gasteiger partial charge is 0.466 e. The number of fused-ring (bicyclic) bond motifs is 10. The Kier molecular flexibility index (Phi) is 9.38. The highest BCUT2D eigenvalue weighted by Crippen LogP contribution is 2.52. The van der Waals surface area contributed by atoms with Crippen LogP contribution in [0.15, 0.2) is 157 Å². The number of nitrogens with zero attached hydrogens (tertiary/aromatic N) is 2. The molecule has 3 aliphatic heterocycles. The van der Waals surface area contributed by atoms with Crippen molar-refractivity contribution in [3.05, 3.63) is 180 Å². The molecule has 0 unspecified atom stereocenters. The standard InChI is InChI=1S/C21H15Br2NO.C21H13Br2NO.CH4/c2*22-15-7-9-18-14(10-15)11-19-17-8-6-16(23)12-20(17)25-21(24(18)19)13-4-2-1-3-5-13;/h1-10,12,19,21H,11H2;1-12,21H;1H4/t19-,21+;21-;/m10./s1. The number of benzene rings is 6. The molecule has 0 saturated heterocycles. The molecule has 4 heterocycles. The van der Waals surface area contributed by atoms with Crippen LogP contribution in [0.4, 0.5) is 5.69 Å². The van der Waals surface area contributed by atoms with E-state index in [1.54, 1.807) is 0 Å². The third kappa shape index (κ3) is 6.24. The van der Waals surface area contributed by atoms with E-state index in [0.29, 0.717) is 6.04 Å². The molecule has 0 N–H and O–H groups in total. The SMILES string of the molecule is Brc1ccc2c(c1)C[C@@H]1c3ccc(Br)cc3O[C@@H](c3ccccc3)N21.Brc1ccc2c(c1)O[C@@H](c1ccccc1)n1c-2cc2cc(Br)ccc21.C. The molecule has 8 heteroatoms. The quantitative estimate of drug-likeness (QED) is 0.173. The number of aromatic nitrogens is 1. The molecule has 4 nitrogen and oxygen atoms in total. The van der Waals surface area contributed by atoms with Gasteiger partial charge in [-0.3, -0.25) is 0 Å². The summed E-state index contributed by atoms with van der Waals surface area (Å²) in [6, 6.07) is 48.9. The van der Waals surface area contributed by atoms with Gasteiger partial charge < -0.3 is 18.9 Å². The fourth-order valence-corrected chi connectivity index (χ4v) is 8.85. The normalized spacial score (nSPS) is 17.6. The summed E-state index contributed by atoms with van der Waals surface area (Å²) in [6.45, 7) is 0. The van der Waals surface area contributed by atoms with Gasteiger partial charge in [-0.2, -0.15) is 0 Å². The minimum atomic E-state index is -0.184. The Bertz CT molecular complexity index is 2400. The second-order valence-corrected chi connectivity index (χ2v) is 16.3. The van der Waals surface area contributed by atoms with Crippen LogP contribution in [-0.4, -0.2) is 4.57 Å². The molecule has 10 rings (SSSR count). The Hall–Kier alpha value is -3.82. The highest BCUT2D eigenvalue weighted by atomic mass is 79.9. The molecule has 0 spiro atoms. The summed E-state index contributed by atoms with van der Waals surface area (Å²) in [5.74, 6) is 1.87. The number of ether oxygens (including phenoxy) is 2. The molecule has 0 aliphatic carbocycles. The molecule has 0 radical (unpaired) electrons. The van der Waals surface area contributed by atoms with Gasteiger partial charge in [0.05, 0.1) is 17.3 Å². The molecule has 0 saturated carbocycles. The molecule has 7 aromatic rings. The van der Waals surface area contributed by atoms with Gasteiger partial charge in [-0.25, -0.2) is 0 Å². The first-order chi connectivity index (χ1) is 24.4. The lowest BCUT2D eigenvalue weighted by Crippen LogP contribution is -2.37. The Morgan fingerprint density at radius 3 is 1.88 bits per heavy atom. The van der Waals surface area contributed by atoms with Crippen molar-refractivity contribution in [1.82, 2.24) is 4.57 Å². The minimum absolute atomic E-state index is 0. The highest BCUT2D eigenvalue weighted by molar-refractivity contribution is 9.11. The third-order valence-electron chi connectivity index (χ3n) is 9.56. The summed E-state index contributed by atoms with van der Waals surface area (Å²) in [5, 5.41) is 1.20. The van der Waals surface area contributed by atoms with Crippen molar-refractivity contribution < 1.29 is 9.47 Å². The van der Waals surface area contributed by atoms with Crippen LogP contribution >= 0.6 is 63.7 Å². The van der Waals surface area contributed by atoms with Crippen LogP contribution in [-0.2, 0) is 6.42 Å². The van der Waals surface area contributed by atoms with Gasteiger partial charge in [-0.1, -0.05) is 138 Å². The van der Waals surface area contributed by atoms with E-state index in [1.165, 1.54) is 39.0 Å². The van der Waals surface area contributed by atoms with E-state index in [0.717, 1.165) is 46.9 Å². The Morgan fingerprint density at radius 1 is 0.549 bits per heavy atom. The van der Waals surface area contributed by atoms with Crippen molar-refractivity contribution in [2.45, 2.75) is 32.3 Å². The molecule has 0 amide bonds. The van der Waals surface area contributed by atoms with Gasteiger partial charge in [-0.15, -0.1) is 0 Å². The molecular weight excluding hydrogens is 896 g/mol. The van der Waals surface area contributed by atoms with Crippen LogP contribution in [0, 0.1) is 0 Å². The van der Waals surface area contributed by atoms with Crippen LogP contribution in [0.1, 0.15) is 48.2 Å². The zero-order chi connectivity index (χ0) is 33.9. The second kappa shape index (κ2) is 14.0.